The van der Waals surface area contributed by atoms with E-state index in [1.807, 2.05) is 30.0 Å². The van der Waals surface area contributed by atoms with Crippen LogP contribution in [0.2, 0.25) is 15.1 Å². The second-order valence-electron chi connectivity index (χ2n) is 9.04. The van der Waals surface area contributed by atoms with Crippen molar-refractivity contribution in [2.75, 3.05) is 13.1 Å². The van der Waals surface area contributed by atoms with Gasteiger partial charge in [-0.1, -0.05) is 40.9 Å². The number of pyridine rings is 1. The fourth-order valence-electron chi connectivity index (χ4n) is 5.06. The number of terminal acetylenes is 1. The van der Waals surface area contributed by atoms with Crippen molar-refractivity contribution in [2.45, 2.75) is 44.6 Å². The summed E-state index contributed by atoms with van der Waals surface area (Å²) >= 11 is 18.4. The van der Waals surface area contributed by atoms with Gasteiger partial charge < -0.3 is 9.64 Å². The maximum atomic E-state index is 13.4. The number of aromatic nitrogens is 1. The Morgan fingerprint density at radius 3 is 2.52 bits per heavy atom. The van der Waals surface area contributed by atoms with Crippen LogP contribution >= 0.6 is 34.8 Å². The molecule has 2 aromatic rings. The van der Waals surface area contributed by atoms with Crippen molar-refractivity contribution in [3.63, 3.8) is 0 Å². The molecule has 1 aromatic carbocycles. The molecule has 1 aliphatic heterocycles. The molecule has 0 spiro atoms. The molecule has 0 radical (unpaired) electrons. The zero-order chi connectivity index (χ0) is 23.5. The second kappa shape index (κ2) is 10.6. The summed E-state index contributed by atoms with van der Waals surface area (Å²) in [5.74, 6) is 4.06. The minimum absolute atomic E-state index is 0.0389. The number of carbonyl (C=O) groups excluding carboxylic acids is 1. The average molecular weight is 506 g/mol. The molecule has 33 heavy (non-hydrogen) atoms. The largest absolute Gasteiger partial charge is 0.474 e. The highest BCUT2D eigenvalue weighted by Gasteiger charge is 2.42. The van der Waals surface area contributed by atoms with E-state index in [0.717, 1.165) is 31.2 Å². The van der Waals surface area contributed by atoms with Crippen LogP contribution < -0.4 is 4.74 Å². The lowest BCUT2D eigenvalue weighted by Gasteiger charge is -2.29. The van der Waals surface area contributed by atoms with E-state index < -0.39 is 0 Å². The van der Waals surface area contributed by atoms with Gasteiger partial charge in [-0.15, -0.1) is 12.3 Å². The second-order valence-corrected chi connectivity index (χ2v) is 10.3. The molecule has 174 valence electrons. The molecule has 2 aliphatic rings. The number of carbonyl (C=O) groups is 1. The Kier molecular flexibility index (Phi) is 7.74. The summed E-state index contributed by atoms with van der Waals surface area (Å²) in [5, 5.41) is 1.59. The van der Waals surface area contributed by atoms with E-state index in [1.54, 1.807) is 18.3 Å². The van der Waals surface area contributed by atoms with Gasteiger partial charge in [0, 0.05) is 49.0 Å². The highest BCUT2D eigenvalue weighted by atomic mass is 35.5. The Bertz CT molecular complexity index is 1030. The van der Waals surface area contributed by atoms with Gasteiger partial charge in [-0.3, -0.25) is 4.79 Å². The summed E-state index contributed by atoms with van der Waals surface area (Å²) in [6.07, 6.45) is 10.5. The van der Waals surface area contributed by atoms with Crippen molar-refractivity contribution in [3.05, 3.63) is 57.2 Å². The summed E-state index contributed by atoms with van der Waals surface area (Å²) in [7, 11) is 0. The molecule has 4 nitrogen and oxygen atoms in total. The highest BCUT2D eigenvalue weighted by molar-refractivity contribution is 6.42. The first kappa shape index (κ1) is 24.2. The summed E-state index contributed by atoms with van der Waals surface area (Å²) in [5.41, 5.74) is 1.06. The Morgan fingerprint density at radius 2 is 1.88 bits per heavy atom. The average Bonchev–Trinajstić information content (AvgIpc) is 3.27. The van der Waals surface area contributed by atoms with Crippen LogP contribution in [0.5, 0.6) is 5.88 Å². The van der Waals surface area contributed by atoms with E-state index in [9.17, 15) is 4.79 Å². The van der Waals surface area contributed by atoms with E-state index in [-0.39, 0.29) is 29.8 Å². The van der Waals surface area contributed by atoms with Crippen molar-refractivity contribution >= 4 is 40.7 Å². The summed E-state index contributed by atoms with van der Waals surface area (Å²) in [6.45, 7) is 3.27. The Morgan fingerprint density at radius 1 is 1.12 bits per heavy atom. The third-order valence-corrected chi connectivity index (χ3v) is 7.93. The van der Waals surface area contributed by atoms with E-state index in [0.29, 0.717) is 40.0 Å². The molecular weight excluding hydrogens is 479 g/mol. The molecule has 7 heteroatoms. The monoisotopic (exact) mass is 504 g/mol. The summed E-state index contributed by atoms with van der Waals surface area (Å²) < 4.78 is 6.17. The SMILES string of the molecule is C#CC1CCC(C(=O)N2C[C@H]([C@@H](C)Oc3ccc(Cl)cn3)[C@@H](c3ccc(Cl)c(Cl)c3)C2)CC1. The Hall–Kier alpha value is -1.93. The molecule has 0 N–H and O–H groups in total. The van der Waals surface area contributed by atoms with Gasteiger partial charge in [-0.25, -0.2) is 4.98 Å². The van der Waals surface area contributed by atoms with E-state index in [1.165, 1.54) is 0 Å². The van der Waals surface area contributed by atoms with Crippen molar-refractivity contribution in [1.29, 1.82) is 0 Å². The Balaban J connectivity index is 1.54. The molecule has 3 atom stereocenters. The minimum Gasteiger partial charge on any atom is -0.474 e. The van der Waals surface area contributed by atoms with Gasteiger partial charge >= 0.3 is 0 Å². The first-order chi connectivity index (χ1) is 15.9. The van der Waals surface area contributed by atoms with E-state index in [2.05, 4.69) is 10.9 Å². The van der Waals surface area contributed by atoms with Crippen molar-refractivity contribution in [1.82, 2.24) is 9.88 Å². The van der Waals surface area contributed by atoms with Gasteiger partial charge in [-0.2, -0.15) is 0 Å². The highest BCUT2D eigenvalue weighted by Crippen LogP contribution is 2.40. The quantitative estimate of drug-likeness (QED) is 0.436. The number of ether oxygens (including phenoxy) is 1. The van der Waals surface area contributed by atoms with Gasteiger partial charge in [0.2, 0.25) is 11.8 Å². The first-order valence-electron chi connectivity index (χ1n) is 11.3. The third-order valence-electron chi connectivity index (χ3n) is 6.97. The summed E-state index contributed by atoms with van der Waals surface area (Å²) in [4.78, 5) is 19.7. The van der Waals surface area contributed by atoms with Gasteiger partial charge in [0.15, 0.2) is 0 Å². The molecule has 1 saturated carbocycles. The number of likely N-dealkylation sites (tertiary alicyclic amines) is 1. The normalized spacial score (nSPS) is 26.0. The smallest absolute Gasteiger partial charge is 0.225 e. The molecule has 0 bridgehead atoms. The molecule has 0 unspecified atom stereocenters. The lowest BCUT2D eigenvalue weighted by molar-refractivity contribution is -0.135. The summed E-state index contributed by atoms with van der Waals surface area (Å²) in [6, 6.07) is 9.22. The maximum Gasteiger partial charge on any atom is 0.225 e. The number of rotatable bonds is 5. The van der Waals surface area contributed by atoms with Crippen molar-refractivity contribution in [2.24, 2.45) is 17.8 Å². The number of nitrogens with zero attached hydrogens (tertiary/aromatic N) is 2. The number of amides is 1. The van der Waals surface area contributed by atoms with Crippen molar-refractivity contribution < 1.29 is 9.53 Å². The molecule has 1 saturated heterocycles. The van der Waals surface area contributed by atoms with Gasteiger partial charge in [0.1, 0.15) is 6.10 Å². The predicted octanol–water partition coefficient (Wildman–Crippen LogP) is 6.49. The van der Waals surface area contributed by atoms with Crippen LogP contribution in [0, 0.1) is 30.1 Å². The fraction of sp³-hybridized carbons (Fsp3) is 0.462. The van der Waals surface area contributed by atoms with Crippen LogP contribution in [0.3, 0.4) is 0 Å². The van der Waals surface area contributed by atoms with Gasteiger partial charge in [-0.05, 0) is 56.4 Å². The molecule has 2 fully saturated rings. The molecular formula is C26H27Cl3N2O2. The van der Waals surface area contributed by atoms with Crippen LogP contribution in [0.4, 0.5) is 0 Å². The van der Waals surface area contributed by atoms with E-state index >= 15 is 0 Å². The van der Waals surface area contributed by atoms with E-state index in [4.69, 9.17) is 46.0 Å². The van der Waals surface area contributed by atoms with Crippen LogP contribution in [-0.2, 0) is 4.79 Å². The number of halogens is 3. The molecule has 1 aliphatic carbocycles. The van der Waals surface area contributed by atoms with Crippen molar-refractivity contribution in [3.8, 4) is 18.2 Å². The van der Waals surface area contributed by atoms with Gasteiger partial charge in [0.05, 0.1) is 15.1 Å². The molecule has 2 heterocycles. The zero-order valence-corrected chi connectivity index (χ0v) is 20.8. The van der Waals surface area contributed by atoms with Crippen LogP contribution in [0.15, 0.2) is 36.5 Å². The number of benzene rings is 1. The minimum atomic E-state index is -0.173. The predicted molar refractivity (Wildman–Crippen MR) is 133 cm³/mol. The van der Waals surface area contributed by atoms with Crippen LogP contribution in [-0.4, -0.2) is 35.0 Å². The first-order valence-corrected chi connectivity index (χ1v) is 12.5. The molecule has 1 aromatic heterocycles. The molecule has 4 rings (SSSR count). The standard InChI is InChI=1S/C26H27Cl3N2O2/c1-3-17-4-6-18(7-5-17)26(32)31-14-21(16(2)33-25-11-9-20(27)13-30-25)22(15-31)19-8-10-23(28)24(29)12-19/h1,8-13,16-18,21-22H,4-7,14-15H2,2H3/t16-,17?,18?,21-,22-/m1/s1. The number of hydrogen-bond donors (Lipinski definition) is 0. The van der Waals surface area contributed by atoms with Gasteiger partial charge in [0.25, 0.3) is 0 Å². The lowest BCUT2D eigenvalue weighted by atomic mass is 9.82. The Labute approximate surface area is 210 Å². The number of hydrogen-bond acceptors (Lipinski definition) is 3. The lowest BCUT2D eigenvalue weighted by Crippen LogP contribution is -2.37. The fourth-order valence-corrected chi connectivity index (χ4v) is 5.47. The van der Waals surface area contributed by atoms with Crippen LogP contribution in [0.1, 0.15) is 44.1 Å². The maximum absolute atomic E-state index is 13.4. The third kappa shape index (κ3) is 5.60. The topological polar surface area (TPSA) is 42.4 Å². The zero-order valence-electron chi connectivity index (χ0n) is 18.5. The molecule has 1 amide bonds. The van der Waals surface area contributed by atoms with Crippen LogP contribution in [0.25, 0.3) is 0 Å².